The highest BCUT2D eigenvalue weighted by Crippen LogP contribution is 2.17. The number of amides is 1. The third-order valence-corrected chi connectivity index (χ3v) is 2.72. The van der Waals surface area contributed by atoms with Gasteiger partial charge in [-0.1, -0.05) is 12.1 Å². The molecule has 1 aromatic rings. The smallest absolute Gasteiger partial charge is 0.234 e. The van der Waals surface area contributed by atoms with Gasteiger partial charge < -0.3 is 15.0 Å². The Hall–Kier alpha value is -1.55. The van der Waals surface area contributed by atoms with Crippen molar-refractivity contribution in [2.45, 2.75) is 25.8 Å². The maximum atomic E-state index is 11.8. The number of nitrogens with one attached hydrogen (secondary N) is 1. The lowest BCUT2D eigenvalue weighted by Crippen LogP contribution is -2.48. The SMILES string of the molecule is COc1cccc(CC(C)(C)NC(=O)CN(C)C)c1. The Balaban J connectivity index is 2.65. The molecule has 4 heteroatoms. The number of hydrogen-bond donors (Lipinski definition) is 1. The zero-order chi connectivity index (χ0) is 14.5. The molecule has 0 unspecified atom stereocenters. The van der Waals surface area contributed by atoms with Crippen LogP contribution in [-0.2, 0) is 11.2 Å². The van der Waals surface area contributed by atoms with E-state index >= 15 is 0 Å². The first-order valence-electron chi connectivity index (χ1n) is 6.41. The number of carbonyl (C=O) groups excluding carboxylic acids is 1. The molecule has 19 heavy (non-hydrogen) atoms. The summed E-state index contributed by atoms with van der Waals surface area (Å²) in [5, 5.41) is 3.05. The van der Waals surface area contributed by atoms with E-state index in [2.05, 4.69) is 5.32 Å². The molecule has 0 aliphatic rings. The van der Waals surface area contributed by atoms with Gasteiger partial charge >= 0.3 is 0 Å². The van der Waals surface area contributed by atoms with Crippen molar-refractivity contribution in [3.05, 3.63) is 29.8 Å². The molecule has 0 aliphatic carbocycles. The highest BCUT2D eigenvalue weighted by molar-refractivity contribution is 5.78. The van der Waals surface area contributed by atoms with Crippen molar-refractivity contribution in [1.82, 2.24) is 10.2 Å². The number of likely N-dealkylation sites (N-methyl/N-ethyl adjacent to an activating group) is 1. The molecule has 1 N–H and O–H groups in total. The molecule has 0 atom stereocenters. The van der Waals surface area contributed by atoms with Crippen LogP contribution in [0, 0.1) is 0 Å². The molecule has 0 saturated carbocycles. The van der Waals surface area contributed by atoms with E-state index in [1.165, 1.54) is 0 Å². The molecule has 0 aliphatic heterocycles. The van der Waals surface area contributed by atoms with Crippen molar-refractivity contribution >= 4 is 5.91 Å². The molecule has 0 heterocycles. The van der Waals surface area contributed by atoms with Gasteiger partial charge in [-0.3, -0.25) is 4.79 Å². The molecule has 0 spiro atoms. The highest BCUT2D eigenvalue weighted by Gasteiger charge is 2.21. The number of ether oxygens (including phenoxy) is 1. The maximum absolute atomic E-state index is 11.8. The monoisotopic (exact) mass is 264 g/mol. The molecule has 106 valence electrons. The summed E-state index contributed by atoms with van der Waals surface area (Å²) in [7, 11) is 5.42. The summed E-state index contributed by atoms with van der Waals surface area (Å²) in [5.41, 5.74) is 0.869. The van der Waals surface area contributed by atoms with Crippen LogP contribution in [0.15, 0.2) is 24.3 Å². The van der Waals surface area contributed by atoms with Crippen molar-refractivity contribution in [1.29, 1.82) is 0 Å². The van der Waals surface area contributed by atoms with Gasteiger partial charge in [0.05, 0.1) is 13.7 Å². The highest BCUT2D eigenvalue weighted by atomic mass is 16.5. The zero-order valence-electron chi connectivity index (χ0n) is 12.5. The Morgan fingerprint density at radius 1 is 1.37 bits per heavy atom. The van der Waals surface area contributed by atoms with E-state index in [1.54, 1.807) is 7.11 Å². The van der Waals surface area contributed by atoms with Gasteiger partial charge in [-0.15, -0.1) is 0 Å². The second-order valence-electron chi connectivity index (χ2n) is 5.70. The predicted molar refractivity (Wildman–Crippen MR) is 77.5 cm³/mol. The molecule has 0 fully saturated rings. The molecular formula is C15H24N2O2. The Kier molecular flexibility index (Phi) is 5.36. The average Bonchev–Trinajstić information content (AvgIpc) is 2.26. The van der Waals surface area contributed by atoms with Gasteiger partial charge in [0, 0.05) is 5.54 Å². The number of nitrogens with zero attached hydrogens (tertiary/aromatic N) is 1. The number of rotatable bonds is 6. The van der Waals surface area contributed by atoms with Crippen LogP contribution in [-0.4, -0.2) is 44.1 Å². The number of methoxy groups -OCH3 is 1. The largest absolute Gasteiger partial charge is 0.497 e. The summed E-state index contributed by atoms with van der Waals surface area (Å²) in [5.74, 6) is 0.880. The second-order valence-corrected chi connectivity index (χ2v) is 5.70. The third-order valence-electron chi connectivity index (χ3n) is 2.72. The van der Waals surface area contributed by atoms with Crippen molar-refractivity contribution in [3.8, 4) is 5.75 Å². The topological polar surface area (TPSA) is 41.6 Å². The van der Waals surface area contributed by atoms with Crippen molar-refractivity contribution < 1.29 is 9.53 Å². The fourth-order valence-corrected chi connectivity index (χ4v) is 2.04. The van der Waals surface area contributed by atoms with E-state index < -0.39 is 0 Å². The molecule has 0 saturated heterocycles. The van der Waals surface area contributed by atoms with E-state index in [-0.39, 0.29) is 11.4 Å². The predicted octanol–water partition coefficient (Wildman–Crippen LogP) is 1.69. The van der Waals surface area contributed by atoms with E-state index in [1.807, 2.05) is 57.1 Å². The fraction of sp³-hybridized carbons (Fsp3) is 0.533. The Labute approximate surface area is 115 Å². The van der Waals surface area contributed by atoms with Crippen LogP contribution >= 0.6 is 0 Å². The number of hydrogen-bond acceptors (Lipinski definition) is 3. The van der Waals surface area contributed by atoms with Crippen LogP contribution in [0.5, 0.6) is 5.75 Å². The molecule has 0 aromatic heterocycles. The summed E-state index contributed by atoms with van der Waals surface area (Å²) in [6, 6.07) is 7.93. The average molecular weight is 264 g/mol. The Bertz CT molecular complexity index is 428. The van der Waals surface area contributed by atoms with Gasteiger partial charge in [-0.25, -0.2) is 0 Å². The van der Waals surface area contributed by atoms with Crippen molar-refractivity contribution in [2.24, 2.45) is 0 Å². The normalized spacial score (nSPS) is 11.5. The number of carbonyl (C=O) groups is 1. The maximum Gasteiger partial charge on any atom is 0.234 e. The zero-order valence-corrected chi connectivity index (χ0v) is 12.5. The third kappa shape index (κ3) is 5.75. The molecule has 4 nitrogen and oxygen atoms in total. The first-order valence-corrected chi connectivity index (χ1v) is 6.41. The quantitative estimate of drug-likeness (QED) is 0.850. The van der Waals surface area contributed by atoms with E-state index in [4.69, 9.17) is 4.74 Å². The first-order chi connectivity index (χ1) is 8.82. The van der Waals surface area contributed by atoms with Crippen molar-refractivity contribution in [3.63, 3.8) is 0 Å². The van der Waals surface area contributed by atoms with Crippen LogP contribution in [0.1, 0.15) is 19.4 Å². The molecule has 0 radical (unpaired) electrons. The van der Waals surface area contributed by atoms with Crippen LogP contribution in [0.4, 0.5) is 0 Å². The van der Waals surface area contributed by atoms with Gasteiger partial charge in [0.25, 0.3) is 0 Å². The summed E-state index contributed by atoms with van der Waals surface area (Å²) in [6.07, 6.45) is 0.767. The second kappa shape index (κ2) is 6.57. The van der Waals surface area contributed by atoms with Crippen LogP contribution in [0.2, 0.25) is 0 Å². The van der Waals surface area contributed by atoms with Gasteiger partial charge in [0.15, 0.2) is 0 Å². The van der Waals surface area contributed by atoms with E-state index in [0.29, 0.717) is 6.54 Å². The van der Waals surface area contributed by atoms with E-state index in [0.717, 1.165) is 17.7 Å². The lowest BCUT2D eigenvalue weighted by molar-refractivity contribution is -0.123. The summed E-state index contributed by atoms with van der Waals surface area (Å²) < 4.78 is 5.21. The summed E-state index contributed by atoms with van der Waals surface area (Å²) >= 11 is 0. The van der Waals surface area contributed by atoms with Gasteiger partial charge in [0.1, 0.15) is 5.75 Å². The molecular weight excluding hydrogens is 240 g/mol. The van der Waals surface area contributed by atoms with Gasteiger partial charge in [0.2, 0.25) is 5.91 Å². The minimum Gasteiger partial charge on any atom is -0.497 e. The van der Waals surface area contributed by atoms with Crippen LogP contribution < -0.4 is 10.1 Å². The molecule has 1 aromatic carbocycles. The van der Waals surface area contributed by atoms with E-state index in [9.17, 15) is 4.79 Å². The van der Waals surface area contributed by atoms with Gasteiger partial charge in [-0.05, 0) is 52.1 Å². The summed E-state index contributed by atoms with van der Waals surface area (Å²) in [4.78, 5) is 13.7. The van der Waals surface area contributed by atoms with Crippen molar-refractivity contribution in [2.75, 3.05) is 27.7 Å². The molecule has 0 bridgehead atoms. The molecule has 1 rings (SSSR count). The Morgan fingerprint density at radius 3 is 2.63 bits per heavy atom. The number of benzene rings is 1. The van der Waals surface area contributed by atoms with Gasteiger partial charge in [-0.2, -0.15) is 0 Å². The summed E-state index contributed by atoms with van der Waals surface area (Å²) in [6.45, 7) is 4.46. The fourth-order valence-electron chi connectivity index (χ4n) is 2.04. The van der Waals surface area contributed by atoms with Crippen LogP contribution in [0.25, 0.3) is 0 Å². The molecule has 1 amide bonds. The first kappa shape index (κ1) is 15.5. The van der Waals surface area contributed by atoms with Crippen LogP contribution in [0.3, 0.4) is 0 Å². The lowest BCUT2D eigenvalue weighted by Gasteiger charge is -2.27. The minimum absolute atomic E-state index is 0.0397. The standard InChI is InChI=1S/C15H24N2O2/c1-15(2,16-14(18)11-17(3)4)10-12-7-6-8-13(9-12)19-5/h6-9H,10-11H2,1-5H3,(H,16,18). The Morgan fingerprint density at radius 2 is 2.05 bits per heavy atom. The minimum atomic E-state index is -0.278. The lowest BCUT2D eigenvalue weighted by atomic mass is 9.94.